The van der Waals surface area contributed by atoms with E-state index in [0.717, 1.165) is 11.1 Å². The number of carbonyl (C=O) groups excluding carboxylic acids is 1. The van der Waals surface area contributed by atoms with Crippen molar-refractivity contribution in [3.8, 4) is 0 Å². The highest BCUT2D eigenvalue weighted by molar-refractivity contribution is 8.15. The number of aliphatic imine (C=N–C) groups is 1. The SMILES string of the molecule is C=CCN1C(=NC(=O)Cc2cccc(C)c2)S[C@H]2CS(=O)(=O)C[C@@H]21. The molecule has 2 aliphatic rings. The normalized spacial score (nSPS) is 26.5. The zero-order valence-corrected chi connectivity index (χ0v) is 15.1. The van der Waals surface area contributed by atoms with E-state index in [2.05, 4.69) is 11.6 Å². The molecular weight excluding hydrogens is 344 g/mol. The Bertz CT molecular complexity index is 802. The summed E-state index contributed by atoms with van der Waals surface area (Å²) < 4.78 is 23.6. The molecule has 7 heteroatoms. The fourth-order valence-corrected chi connectivity index (χ4v) is 7.11. The second-order valence-corrected chi connectivity index (χ2v) is 9.56. The van der Waals surface area contributed by atoms with Crippen LogP contribution in [0.3, 0.4) is 0 Å². The van der Waals surface area contributed by atoms with Crippen LogP contribution in [0, 0.1) is 6.92 Å². The van der Waals surface area contributed by atoms with Crippen LogP contribution in [-0.4, -0.2) is 53.7 Å². The summed E-state index contributed by atoms with van der Waals surface area (Å²) in [5.74, 6) is 0.0741. The Kier molecular flexibility index (Phi) is 4.83. The molecule has 2 aliphatic heterocycles. The molecule has 2 saturated heterocycles. The van der Waals surface area contributed by atoms with Crippen LogP contribution in [0.25, 0.3) is 0 Å². The van der Waals surface area contributed by atoms with Gasteiger partial charge in [0.15, 0.2) is 15.0 Å². The van der Waals surface area contributed by atoms with Gasteiger partial charge in [-0.05, 0) is 12.5 Å². The molecule has 0 aliphatic carbocycles. The van der Waals surface area contributed by atoms with E-state index < -0.39 is 9.84 Å². The monoisotopic (exact) mass is 364 g/mol. The molecule has 0 radical (unpaired) electrons. The zero-order chi connectivity index (χ0) is 17.3. The number of fused-ring (bicyclic) bond motifs is 1. The molecule has 2 atom stereocenters. The van der Waals surface area contributed by atoms with Gasteiger partial charge in [0.2, 0.25) is 0 Å². The summed E-state index contributed by atoms with van der Waals surface area (Å²) in [6.07, 6.45) is 1.97. The Morgan fingerprint density at radius 1 is 1.46 bits per heavy atom. The maximum absolute atomic E-state index is 12.3. The lowest BCUT2D eigenvalue weighted by atomic mass is 10.1. The van der Waals surface area contributed by atoms with Crippen LogP contribution in [0.1, 0.15) is 11.1 Å². The third-order valence-electron chi connectivity index (χ3n) is 4.16. The lowest BCUT2D eigenvalue weighted by Gasteiger charge is -2.22. The van der Waals surface area contributed by atoms with Gasteiger partial charge in [-0.1, -0.05) is 47.7 Å². The maximum atomic E-state index is 12.3. The summed E-state index contributed by atoms with van der Waals surface area (Å²) in [4.78, 5) is 18.5. The summed E-state index contributed by atoms with van der Waals surface area (Å²) in [5.41, 5.74) is 2.04. The van der Waals surface area contributed by atoms with E-state index in [1.807, 2.05) is 36.1 Å². The quantitative estimate of drug-likeness (QED) is 0.763. The molecule has 0 unspecified atom stereocenters. The number of aryl methyl sites for hydroxylation is 1. The van der Waals surface area contributed by atoms with Crippen LogP contribution < -0.4 is 0 Å². The lowest BCUT2D eigenvalue weighted by molar-refractivity contribution is -0.117. The number of rotatable bonds is 4. The molecule has 0 N–H and O–H groups in total. The van der Waals surface area contributed by atoms with Crippen LogP contribution in [-0.2, 0) is 21.1 Å². The summed E-state index contributed by atoms with van der Waals surface area (Å²) >= 11 is 1.40. The smallest absolute Gasteiger partial charge is 0.252 e. The number of carbonyl (C=O) groups is 1. The van der Waals surface area contributed by atoms with E-state index in [1.54, 1.807) is 6.08 Å². The molecule has 24 heavy (non-hydrogen) atoms. The fraction of sp³-hybridized carbons (Fsp3) is 0.412. The summed E-state index contributed by atoms with van der Waals surface area (Å²) in [6, 6.07) is 7.69. The van der Waals surface area contributed by atoms with E-state index in [4.69, 9.17) is 0 Å². The van der Waals surface area contributed by atoms with Crippen LogP contribution in [0.4, 0.5) is 0 Å². The summed E-state index contributed by atoms with van der Waals surface area (Å²) in [6.45, 7) is 6.21. The van der Waals surface area contributed by atoms with Gasteiger partial charge in [0.25, 0.3) is 5.91 Å². The molecule has 3 rings (SSSR count). The van der Waals surface area contributed by atoms with Gasteiger partial charge in [-0.3, -0.25) is 4.79 Å². The van der Waals surface area contributed by atoms with Gasteiger partial charge in [-0.15, -0.1) is 6.58 Å². The third kappa shape index (κ3) is 3.72. The van der Waals surface area contributed by atoms with Crippen molar-refractivity contribution in [1.29, 1.82) is 0 Å². The molecule has 0 spiro atoms. The average Bonchev–Trinajstić information content (AvgIpc) is 2.92. The first-order valence-corrected chi connectivity index (χ1v) is 10.5. The minimum absolute atomic E-state index is 0.0412. The van der Waals surface area contributed by atoms with E-state index in [0.29, 0.717) is 11.7 Å². The van der Waals surface area contributed by atoms with Crippen LogP contribution in [0.2, 0.25) is 0 Å². The van der Waals surface area contributed by atoms with E-state index in [9.17, 15) is 13.2 Å². The molecule has 0 aromatic heterocycles. The number of amides is 1. The zero-order valence-electron chi connectivity index (χ0n) is 13.5. The first-order valence-electron chi connectivity index (χ1n) is 7.79. The second kappa shape index (κ2) is 6.72. The number of benzene rings is 1. The van der Waals surface area contributed by atoms with Crippen molar-refractivity contribution in [2.45, 2.75) is 24.6 Å². The molecule has 2 fully saturated rings. The van der Waals surface area contributed by atoms with E-state index in [-0.39, 0.29) is 35.1 Å². The molecule has 0 bridgehead atoms. The molecule has 2 heterocycles. The van der Waals surface area contributed by atoms with E-state index >= 15 is 0 Å². The second-order valence-electron chi connectivity index (χ2n) is 6.20. The highest BCUT2D eigenvalue weighted by atomic mass is 32.2. The first-order chi connectivity index (χ1) is 11.4. The summed E-state index contributed by atoms with van der Waals surface area (Å²) in [5, 5.41) is 0.581. The predicted octanol–water partition coefficient (Wildman–Crippen LogP) is 1.82. The molecule has 5 nitrogen and oxygen atoms in total. The topological polar surface area (TPSA) is 66.8 Å². The van der Waals surface area contributed by atoms with Crippen molar-refractivity contribution in [3.05, 3.63) is 48.0 Å². The lowest BCUT2D eigenvalue weighted by Crippen LogP contribution is -2.37. The highest BCUT2D eigenvalue weighted by Crippen LogP contribution is 2.38. The minimum atomic E-state index is -3.00. The predicted molar refractivity (Wildman–Crippen MR) is 98.0 cm³/mol. The van der Waals surface area contributed by atoms with Gasteiger partial charge in [0, 0.05) is 11.8 Å². The van der Waals surface area contributed by atoms with Crippen molar-refractivity contribution in [2.24, 2.45) is 4.99 Å². The van der Waals surface area contributed by atoms with Crippen LogP contribution in [0.15, 0.2) is 41.9 Å². The first kappa shape index (κ1) is 17.2. The number of sulfone groups is 1. The Hall–Kier alpha value is -1.60. The molecule has 1 amide bonds. The average molecular weight is 364 g/mol. The van der Waals surface area contributed by atoms with Gasteiger partial charge in [-0.2, -0.15) is 4.99 Å². The number of thioether (sulfide) groups is 1. The van der Waals surface area contributed by atoms with Crippen LogP contribution in [0.5, 0.6) is 0 Å². The molecule has 1 aromatic carbocycles. The maximum Gasteiger partial charge on any atom is 0.252 e. The van der Waals surface area contributed by atoms with Crippen molar-refractivity contribution < 1.29 is 13.2 Å². The third-order valence-corrected chi connectivity index (χ3v) is 7.41. The number of hydrogen-bond donors (Lipinski definition) is 0. The van der Waals surface area contributed by atoms with Gasteiger partial charge in [-0.25, -0.2) is 8.42 Å². The van der Waals surface area contributed by atoms with Crippen molar-refractivity contribution in [1.82, 2.24) is 4.90 Å². The molecule has 1 aromatic rings. The van der Waals surface area contributed by atoms with Crippen LogP contribution >= 0.6 is 11.8 Å². The van der Waals surface area contributed by atoms with Gasteiger partial charge in [0.05, 0.1) is 24.0 Å². The molecule has 128 valence electrons. The Balaban J connectivity index is 1.76. The number of nitrogens with zero attached hydrogens (tertiary/aromatic N) is 2. The molecule has 0 saturated carbocycles. The van der Waals surface area contributed by atoms with Crippen molar-refractivity contribution >= 4 is 32.7 Å². The Morgan fingerprint density at radius 2 is 2.25 bits per heavy atom. The standard InChI is InChI=1S/C17H20N2O3S2/c1-3-7-19-14-10-24(21,22)11-15(14)23-17(19)18-16(20)9-13-6-4-5-12(2)8-13/h3-6,8,14-15H,1,7,9-11H2,2H3/t14-,15-/m0/s1. The number of hydrogen-bond acceptors (Lipinski definition) is 4. The molecular formula is C17H20N2O3S2. The van der Waals surface area contributed by atoms with Crippen molar-refractivity contribution in [3.63, 3.8) is 0 Å². The highest BCUT2D eigenvalue weighted by Gasteiger charge is 2.48. The van der Waals surface area contributed by atoms with Gasteiger partial charge in [0.1, 0.15) is 0 Å². The Morgan fingerprint density at radius 3 is 2.96 bits per heavy atom. The summed E-state index contributed by atoms with van der Waals surface area (Å²) in [7, 11) is -3.00. The van der Waals surface area contributed by atoms with Gasteiger partial charge < -0.3 is 4.90 Å². The van der Waals surface area contributed by atoms with Crippen molar-refractivity contribution in [2.75, 3.05) is 18.1 Å². The Labute approximate surface area is 146 Å². The van der Waals surface area contributed by atoms with E-state index in [1.165, 1.54) is 11.8 Å². The number of amidine groups is 1. The van der Waals surface area contributed by atoms with Gasteiger partial charge >= 0.3 is 0 Å². The fourth-order valence-electron chi connectivity index (χ4n) is 3.13. The largest absolute Gasteiger partial charge is 0.342 e. The minimum Gasteiger partial charge on any atom is -0.342 e.